The second-order valence-electron chi connectivity index (χ2n) is 5.29. The first kappa shape index (κ1) is 14.1. The second-order valence-corrected chi connectivity index (χ2v) is 6.24. The van der Waals surface area contributed by atoms with Gasteiger partial charge in [0.25, 0.3) is 0 Å². The number of benzene rings is 1. The third kappa shape index (κ3) is 2.81. The highest BCUT2D eigenvalue weighted by molar-refractivity contribution is 7.99. The molecule has 5 nitrogen and oxygen atoms in total. The highest BCUT2D eigenvalue weighted by Crippen LogP contribution is 2.31. The number of hydrogen-bond donors (Lipinski definition) is 0. The van der Waals surface area contributed by atoms with Crippen molar-refractivity contribution in [3.8, 4) is 0 Å². The number of thioether (sulfide) groups is 1. The zero-order chi connectivity index (χ0) is 14.8. The van der Waals surface area contributed by atoms with Crippen molar-refractivity contribution in [2.45, 2.75) is 31.0 Å². The minimum Gasteiger partial charge on any atom is -0.312 e. The number of carbonyl (C=O) groups excluding carboxylic acids is 1. The summed E-state index contributed by atoms with van der Waals surface area (Å²) < 4.78 is 1.82. The molecule has 1 amide bonds. The molecular weight excluding hydrogens is 284 g/mol. The quantitative estimate of drug-likeness (QED) is 0.816. The van der Waals surface area contributed by atoms with E-state index in [0.717, 1.165) is 23.7 Å². The molecule has 0 aliphatic carbocycles. The molecule has 0 fully saturated rings. The molecular formula is C15H18N4OS. The van der Waals surface area contributed by atoms with Crippen molar-refractivity contribution in [2.75, 3.05) is 10.7 Å². The van der Waals surface area contributed by atoms with E-state index >= 15 is 0 Å². The second kappa shape index (κ2) is 5.89. The summed E-state index contributed by atoms with van der Waals surface area (Å²) in [6.45, 7) is 2.11. The van der Waals surface area contributed by atoms with Crippen molar-refractivity contribution in [3.63, 3.8) is 0 Å². The maximum absolute atomic E-state index is 12.6. The van der Waals surface area contributed by atoms with Crippen LogP contribution in [0, 0.1) is 0 Å². The van der Waals surface area contributed by atoms with Crippen LogP contribution in [0.15, 0.2) is 35.7 Å². The van der Waals surface area contributed by atoms with Gasteiger partial charge in [0.2, 0.25) is 5.91 Å². The molecule has 0 spiro atoms. The maximum Gasteiger partial charge on any atom is 0.237 e. The summed E-state index contributed by atoms with van der Waals surface area (Å²) >= 11 is 1.43. The van der Waals surface area contributed by atoms with Gasteiger partial charge in [-0.1, -0.05) is 30.0 Å². The molecule has 1 aliphatic heterocycles. The fraction of sp³-hybridized carbons (Fsp3) is 0.400. The molecule has 0 radical (unpaired) electrons. The van der Waals surface area contributed by atoms with E-state index < -0.39 is 0 Å². The fourth-order valence-electron chi connectivity index (χ4n) is 2.67. The Morgan fingerprint density at radius 2 is 2.24 bits per heavy atom. The Morgan fingerprint density at radius 3 is 3.00 bits per heavy atom. The van der Waals surface area contributed by atoms with Crippen molar-refractivity contribution in [3.05, 3.63) is 36.2 Å². The van der Waals surface area contributed by atoms with E-state index in [0.29, 0.717) is 5.75 Å². The Bertz CT molecular complexity index is 655. The molecule has 1 aromatic carbocycles. The minimum atomic E-state index is 0.127. The number of fused-ring (bicyclic) bond motifs is 1. The molecule has 1 aromatic heterocycles. The molecule has 1 atom stereocenters. The van der Waals surface area contributed by atoms with Gasteiger partial charge in [0.15, 0.2) is 5.16 Å². The summed E-state index contributed by atoms with van der Waals surface area (Å²) in [7, 11) is 1.88. The summed E-state index contributed by atoms with van der Waals surface area (Å²) in [5.74, 6) is 0.508. The summed E-state index contributed by atoms with van der Waals surface area (Å²) in [6, 6.07) is 8.42. The molecule has 0 saturated heterocycles. The van der Waals surface area contributed by atoms with E-state index in [2.05, 4.69) is 23.2 Å². The van der Waals surface area contributed by atoms with Crippen LogP contribution in [0.3, 0.4) is 0 Å². The number of rotatable bonds is 3. The first-order valence-corrected chi connectivity index (χ1v) is 8.02. The molecule has 0 N–H and O–H groups in total. The average molecular weight is 302 g/mol. The number of nitrogens with zero attached hydrogens (tertiary/aromatic N) is 4. The first-order valence-electron chi connectivity index (χ1n) is 7.03. The van der Waals surface area contributed by atoms with Gasteiger partial charge in [-0.05, 0) is 31.4 Å². The monoisotopic (exact) mass is 302 g/mol. The zero-order valence-corrected chi connectivity index (χ0v) is 13.0. The number of anilines is 1. The zero-order valence-electron chi connectivity index (χ0n) is 12.2. The van der Waals surface area contributed by atoms with Gasteiger partial charge in [0.05, 0.1) is 5.75 Å². The van der Waals surface area contributed by atoms with Crippen LogP contribution >= 0.6 is 11.8 Å². The minimum absolute atomic E-state index is 0.127. The van der Waals surface area contributed by atoms with Crippen LogP contribution in [0.4, 0.5) is 5.69 Å². The Labute approximate surface area is 128 Å². The Hall–Kier alpha value is -1.82. The number of hydrogen-bond acceptors (Lipinski definition) is 4. The summed E-state index contributed by atoms with van der Waals surface area (Å²) in [4.78, 5) is 14.6. The summed E-state index contributed by atoms with van der Waals surface area (Å²) in [5, 5.41) is 8.60. The molecule has 2 heterocycles. The van der Waals surface area contributed by atoms with Crippen LogP contribution in [0.1, 0.15) is 18.9 Å². The normalized spacial score (nSPS) is 17.6. The predicted octanol–water partition coefficient (Wildman–Crippen LogP) is 2.28. The highest BCUT2D eigenvalue weighted by Gasteiger charge is 2.27. The van der Waals surface area contributed by atoms with Crippen LogP contribution in [-0.2, 0) is 18.3 Å². The third-order valence-corrected chi connectivity index (χ3v) is 4.81. The first-order chi connectivity index (χ1) is 10.2. The molecule has 6 heteroatoms. The molecule has 0 saturated carbocycles. The average Bonchev–Trinajstić information content (AvgIpc) is 2.90. The van der Waals surface area contributed by atoms with Crippen LogP contribution in [0.25, 0.3) is 0 Å². The van der Waals surface area contributed by atoms with E-state index in [1.165, 1.54) is 17.3 Å². The van der Waals surface area contributed by atoms with E-state index in [4.69, 9.17) is 0 Å². The van der Waals surface area contributed by atoms with E-state index in [1.54, 1.807) is 6.33 Å². The van der Waals surface area contributed by atoms with Gasteiger partial charge in [0, 0.05) is 18.8 Å². The topological polar surface area (TPSA) is 51.0 Å². The molecule has 110 valence electrons. The third-order valence-electron chi connectivity index (χ3n) is 3.79. The van der Waals surface area contributed by atoms with Crippen LogP contribution < -0.4 is 4.90 Å². The van der Waals surface area contributed by atoms with Gasteiger partial charge >= 0.3 is 0 Å². The van der Waals surface area contributed by atoms with Gasteiger partial charge in [-0.3, -0.25) is 4.79 Å². The van der Waals surface area contributed by atoms with Crippen LogP contribution in [-0.4, -0.2) is 32.5 Å². The van der Waals surface area contributed by atoms with Crippen LogP contribution in [0.5, 0.6) is 0 Å². The van der Waals surface area contributed by atoms with E-state index in [-0.39, 0.29) is 11.9 Å². The fourth-order valence-corrected chi connectivity index (χ4v) is 3.41. The van der Waals surface area contributed by atoms with Gasteiger partial charge in [-0.15, -0.1) is 10.2 Å². The number of aromatic nitrogens is 3. The Balaban J connectivity index is 1.76. The maximum atomic E-state index is 12.6. The molecule has 2 aromatic rings. The summed E-state index contributed by atoms with van der Waals surface area (Å²) in [5.41, 5.74) is 2.31. The standard InChI is InChI=1S/C15H18N4OS/c1-11-7-8-12-5-3-4-6-13(12)19(11)14(20)9-21-15-17-16-10-18(15)2/h3-6,10-11H,7-9H2,1-2H3. The van der Waals surface area contributed by atoms with Crippen LogP contribution in [0.2, 0.25) is 0 Å². The molecule has 1 unspecified atom stereocenters. The molecule has 21 heavy (non-hydrogen) atoms. The Kier molecular flexibility index (Phi) is 3.96. The van der Waals surface area contributed by atoms with Crippen molar-refractivity contribution in [1.82, 2.24) is 14.8 Å². The number of aryl methyl sites for hydroxylation is 2. The lowest BCUT2D eigenvalue weighted by Crippen LogP contribution is -2.43. The van der Waals surface area contributed by atoms with Crippen molar-refractivity contribution in [1.29, 1.82) is 0 Å². The van der Waals surface area contributed by atoms with Gasteiger partial charge in [-0.25, -0.2) is 0 Å². The van der Waals surface area contributed by atoms with Gasteiger partial charge in [-0.2, -0.15) is 0 Å². The lowest BCUT2D eigenvalue weighted by atomic mass is 9.97. The largest absolute Gasteiger partial charge is 0.312 e. The number of para-hydroxylation sites is 1. The SMILES string of the molecule is CC1CCc2ccccc2N1C(=O)CSc1nncn1C. The predicted molar refractivity (Wildman–Crippen MR) is 83.4 cm³/mol. The Morgan fingerprint density at radius 1 is 1.43 bits per heavy atom. The lowest BCUT2D eigenvalue weighted by molar-refractivity contribution is -0.116. The molecule has 1 aliphatic rings. The van der Waals surface area contributed by atoms with E-state index in [1.807, 2.05) is 34.7 Å². The number of carbonyl (C=O) groups is 1. The van der Waals surface area contributed by atoms with Crippen molar-refractivity contribution < 1.29 is 4.79 Å². The summed E-state index contributed by atoms with van der Waals surface area (Å²) in [6.07, 6.45) is 3.69. The van der Waals surface area contributed by atoms with Gasteiger partial charge < -0.3 is 9.47 Å². The van der Waals surface area contributed by atoms with Gasteiger partial charge in [0.1, 0.15) is 6.33 Å². The molecule has 3 rings (SSSR count). The highest BCUT2D eigenvalue weighted by atomic mass is 32.2. The van der Waals surface area contributed by atoms with Crippen molar-refractivity contribution >= 4 is 23.4 Å². The smallest absolute Gasteiger partial charge is 0.237 e. The van der Waals surface area contributed by atoms with Crippen molar-refractivity contribution in [2.24, 2.45) is 7.05 Å². The number of amides is 1. The molecule has 0 bridgehead atoms. The lowest BCUT2D eigenvalue weighted by Gasteiger charge is -2.35. The van der Waals surface area contributed by atoms with E-state index in [9.17, 15) is 4.79 Å².